The van der Waals surface area contributed by atoms with Crippen molar-refractivity contribution in [3.05, 3.63) is 30.3 Å². The molecule has 4 heteroatoms. The van der Waals surface area contributed by atoms with Crippen LogP contribution in [0.2, 0.25) is 0 Å². The van der Waals surface area contributed by atoms with Crippen LogP contribution < -0.4 is 4.89 Å². The van der Waals surface area contributed by atoms with E-state index in [1.165, 1.54) is 6.42 Å². The Balaban J connectivity index is 1.79. The summed E-state index contributed by atoms with van der Waals surface area (Å²) in [7, 11) is 0. The number of likely N-dealkylation sites (tertiary alicyclic amines) is 1. The van der Waals surface area contributed by atoms with Crippen molar-refractivity contribution in [2.45, 2.75) is 19.3 Å². The first-order chi connectivity index (χ1) is 7.86. The van der Waals surface area contributed by atoms with Crippen LogP contribution in [0.5, 0.6) is 5.75 Å². The van der Waals surface area contributed by atoms with Crippen molar-refractivity contribution in [1.29, 1.82) is 0 Å². The van der Waals surface area contributed by atoms with Gasteiger partial charge in [0, 0.05) is 13.1 Å². The van der Waals surface area contributed by atoms with Gasteiger partial charge in [0.05, 0.1) is 0 Å². The van der Waals surface area contributed by atoms with Gasteiger partial charge in [0.25, 0.3) is 0 Å². The number of carbonyl (C=O) groups is 1. The van der Waals surface area contributed by atoms with Crippen molar-refractivity contribution in [1.82, 2.24) is 4.90 Å². The van der Waals surface area contributed by atoms with E-state index < -0.39 is 6.09 Å². The molecule has 16 heavy (non-hydrogen) atoms. The molecule has 0 radical (unpaired) electrons. The van der Waals surface area contributed by atoms with Crippen LogP contribution >= 0.6 is 0 Å². The molecule has 0 atom stereocenters. The quantitative estimate of drug-likeness (QED) is 0.569. The number of piperidine rings is 1. The third-order valence-electron chi connectivity index (χ3n) is 2.57. The topological polar surface area (TPSA) is 38.8 Å². The molecule has 4 nitrogen and oxygen atoms in total. The average molecular weight is 221 g/mol. The highest BCUT2D eigenvalue weighted by atomic mass is 17.2. The molecule has 0 N–H and O–H groups in total. The third kappa shape index (κ3) is 2.89. The summed E-state index contributed by atoms with van der Waals surface area (Å²) in [6, 6.07) is 9.00. The molecule has 86 valence electrons. The van der Waals surface area contributed by atoms with Crippen LogP contribution in [0.4, 0.5) is 4.79 Å². The minimum Gasteiger partial charge on any atom is -0.305 e. The van der Waals surface area contributed by atoms with Gasteiger partial charge in [0.2, 0.25) is 0 Å². The smallest absolute Gasteiger partial charge is 0.305 e. The standard InChI is InChI=1S/C12H15NO3/c14-12(13-9-5-2-6-10-13)16-15-11-7-3-1-4-8-11/h1,3-4,7-8H,2,5-6,9-10H2. The van der Waals surface area contributed by atoms with Crippen LogP contribution in [0.3, 0.4) is 0 Å². The molecule has 0 aliphatic carbocycles. The van der Waals surface area contributed by atoms with Crippen LogP contribution in [0.15, 0.2) is 30.3 Å². The van der Waals surface area contributed by atoms with Crippen molar-refractivity contribution in [3.63, 3.8) is 0 Å². The lowest BCUT2D eigenvalue weighted by atomic mass is 10.1. The first-order valence-electron chi connectivity index (χ1n) is 5.55. The van der Waals surface area contributed by atoms with Gasteiger partial charge >= 0.3 is 6.09 Å². The van der Waals surface area contributed by atoms with E-state index in [0.29, 0.717) is 5.75 Å². The number of para-hydroxylation sites is 1. The van der Waals surface area contributed by atoms with Crippen LogP contribution in [-0.2, 0) is 4.89 Å². The summed E-state index contributed by atoms with van der Waals surface area (Å²) in [4.78, 5) is 22.9. The zero-order valence-electron chi connectivity index (χ0n) is 9.09. The van der Waals surface area contributed by atoms with Crippen LogP contribution in [0.25, 0.3) is 0 Å². The second-order valence-electron chi connectivity index (χ2n) is 3.79. The van der Waals surface area contributed by atoms with Gasteiger partial charge in [-0.05, 0) is 31.4 Å². The zero-order valence-corrected chi connectivity index (χ0v) is 9.09. The predicted molar refractivity (Wildman–Crippen MR) is 59.0 cm³/mol. The molecule has 1 aromatic rings. The summed E-state index contributed by atoms with van der Waals surface area (Å²) < 4.78 is 0. The summed E-state index contributed by atoms with van der Waals surface area (Å²) >= 11 is 0. The predicted octanol–water partition coefficient (Wildman–Crippen LogP) is 2.60. The highest BCUT2D eigenvalue weighted by Crippen LogP contribution is 2.12. The molecule has 2 rings (SSSR count). The normalized spacial score (nSPS) is 15.6. The summed E-state index contributed by atoms with van der Waals surface area (Å²) in [6.07, 6.45) is 2.87. The van der Waals surface area contributed by atoms with E-state index in [1.54, 1.807) is 17.0 Å². The molecule has 0 unspecified atom stereocenters. The lowest BCUT2D eigenvalue weighted by Crippen LogP contribution is -2.36. The molecule has 1 saturated heterocycles. The molecule has 0 saturated carbocycles. The molecule has 0 aromatic heterocycles. The molecule has 1 amide bonds. The molecule has 1 fully saturated rings. The van der Waals surface area contributed by atoms with Gasteiger partial charge in [0.1, 0.15) is 0 Å². The Kier molecular flexibility index (Phi) is 3.64. The van der Waals surface area contributed by atoms with Crippen molar-refractivity contribution in [3.8, 4) is 5.75 Å². The molecule has 1 aliphatic rings. The van der Waals surface area contributed by atoms with E-state index in [4.69, 9.17) is 9.78 Å². The van der Waals surface area contributed by atoms with Gasteiger partial charge in [-0.1, -0.05) is 18.2 Å². The minimum atomic E-state index is -0.399. The fourth-order valence-electron chi connectivity index (χ4n) is 1.69. The van der Waals surface area contributed by atoms with E-state index in [-0.39, 0.29) is 0 Å². The Morgan fingerprint density at radius 1 is 1.06 bits per heavy atom. The number of rotatable bonds is 2. The highest BCUT2D eigenvalue weighted by molar-refractivity contribution is 5.67. The first kappa shape index (κ1) is 10.8. The van der Waals surface area contributed by atoms with Crippen molar-refractivity contribution in [2.24, 2.45) is 0 Å². The number of nitrogens with zero attached hydrogens (tertiary/aromatic N) is 1. The number of carbonyl (C=O) groups excluding carboxylic acids is 1. The van der Waals surface area contributed by atoms with E-state index in [1.807, 2.05) is 18.2 Å². The van der Waals surface area contributed by atoms with E-state index >= 15 is 0 Å². The number of amides is 1. The number of benzene rings is 1. The Hall–Kier alpha value is -1.71. The van der Waals surface area contributed by atoms with Crippen molar-refractivity contribution >= 4 is 6.09 Å². The maximum atomic E-state index is 11.6. The fraction of sp³-hybridized carbons (Fsp3) is 0.417. The van der Waals surface area contributed by atoms with Gasteiger partial charge in [-0.2, -0.15) is 0 Å². The fourth-order valence-corrected chi connectivity index (χ4v) is 1.69. The monoisotopic (exact) mass is 221 g/mol. The lowest BCUT2D eigenvalue weighted by molar-refractivity contribution is -0.154. The third-order valence-corrected chi connectivity index (χ3v) is 2.57. The van der Waals surface area contributed by atoms with E-state index in [9.17, 15) is 4.79 Å². The Labute approximate surface area is 94.7 Å². The Morgan fingerprint density at radius 3 is 2.44 bits per heavy atom. The molecular formula is C12H15NO3. The van der Waals surface area contributed by atoms with Gasteiger partial charge in [-0.25, -0.2) is 9.68 Å². The largest absolute Gasteiger partial charge is 0.452 e. The summed E-state index contributed by atoms with van der Waals surface area (Å²) in [5, 5.41) is 0. The van der Waals surface area contributed by atoms with E-state index in [2.05, 4.69) is 0 Å². The number of hydrogen-bond donors (Lipinski definition) is 0. The Morgan fingerprint density at radius 2 is 1.75 bits per heavy atom. The second kappa shape index (κ2) is 5.39. The van der Waals surface area contributed by atoms with Crippen LogP contribution in [0.1, 0.15) is 19.3 Å². The van der Waals surface area contributed by atoms with Gasteiger partial charge < -0.3 is 4.90 Å². The van der Waals surface area contributed by atoms with E-state index in [0.717, 1.165) is 25.9 Å². The SMILES string of the molecule is O=C(OOc1ccccc1)N1CCCCC1. The lowest BCUT2D eigenvalue weighted by Gasteiger charge is -2.24. The minimum absolute atomic E-state index is 0.399. The van der Waals surface area contributed by atoms with Crippen molar-refractivity contribution in [2.75, 3.05) is 13.1 Å². The molecule has 1 aromatic carbocycles. The van der Waals surface area contributed by atoms with Gasteiger partial charge in [-0.15, -0.1) is 0 Å². The molecule has 0 bridgehead atoms. The molecule has 1 heterocycles. The summed E-state index contributed by atoms with van der Waals surface area (Å²) in [5.74, 6) is 0.535. The van der Waals surface area contributed by atoms with Crippen molar-refractivity contribution < 1.29 is 14.6 Å². The summed E-state index contributed by atoms with van der Waals surface area (Å²) in [5.41, 5.74) is 0. The maximum absolute atomic E-state index is 11.6. The number of hydrogen-bond acceptors (Lipinski definition) is 3. The van der Waals surface area contributed by atoms with Gasteiger partial charge in [0.15, 0.2) is 5.75 Å². The highest BCUT2D eigenvalue weighted by Gasteiger charge is 2.18. The molecular weight excluding hydrogens is 206 g/mol. The first-order valence-corrected chi connectivity index (χ1v) is 5.55. The summed E-state index contributed by atoms with van der Waals surface area (Å²) in [6.45, 7) is 1.52. The zero-order chi connectivity index (χ0) is 11.2. The average Bonchev–Trinajstić information content (AvgIpc) is 2.38. The Bertz CT molecular complexity index is 333. The second-order valence-corrected chi connectivity index (χ2v) is 3.79. The maximum Gasteiger partial charge on any atom is 0.452 e. The van der Waals surface area contributed by atoms with Gasteiger partial charge in [-0.3, -0.25) is 4.89 Å². The van der Waals surface area contributed by atoms with Crippen LogP contribution in [-0.4, -0.2) is 24.1 Å². The molecule has 1 aliphatic heterocycles. The van der Waals surface area contributed by atoms with Crippen LogP contribution in [0, 0.1) is 0 Å². The molecule has 0 spiro atoms.